The second-order valence-electron chi connectivity index (χ2n) is 4.47. The summed E-state index contributed by atoms with van der Waals surface area (Å²) in [5.41, 5.74) is 1.04. The van der Waals surface area contributed by atoms with Gasteiger partial charge in [-0.2, -0.15) is 0 Å². The van der Waals surface area contributed by atoms with Gasteiger partial charge in [0.2, 0.25) is 0 Å². The third kappa shape index (κ3) is 4.33. The molecule has 0 saturated carbocycles. The molecule has 0 aliphatic carbocycles. The minimum atomic E-state index is -0.388. The molecule has 1 aromatic rings. The lowest BCUT2D eigenvalue weighted by atomic mass is 10.2. The number of nitro benzene ring substituents is 1. The Bertz CT molecular complexity index is 378. The Hall–Kier alpha value is -1.62. The summed E-state index contributed by atoms with van der Waals surface area (Å²) in [7, 11) is 2.10. The van der Waals surface area contributed by atoms with Crippen molar-refractivity contribution in [3.63, 3.8) is 0 Å². The molecule has 1 N–H and O–H groups in total. The number of benzene rings is 1. The minimum Gasteiger partial charge on any atom is -0.384 e. The van der Waals surface area contributed by atoms with Crippen LogP contribution in [0.5, 0.6) is 0 Å². The summed E-state index contributed by atoms with van der Waals surface area (Å²) in [6.45, 7) is 6.15. The Labute approximate surface area is 108 Å². The molecule has 1 aromatic carbocycles. The molecule has 0 fully saturated rings. The van der Waals surface area contributed by atoms with Crippen molar-refractivity contribution >= 4 is 11.4 Å². The fraction of sp³-hybridized carbons (Fsp3) is 0.538. The zero-order chi connectivity index (χ0) is 13.5. The fourth-order valence-corrected chi connectivity index (χ4v) is 1.61. The van der Waals surface area contributed by atoms with Gasteiger partial charge in [-0.25, -0.2) is 0 Å². The van der Waals surface area contributed by atoms with E-state index in [1.807, 2.05) is 0 Å². The summed E-state index contributed by atoms with van der Waals surface area (Å²) in [5.74, 6) is 0. The third-order valence-corrected chi connectivity index (χ3v) is 3.22. The maximum atomic E-state index is 10.5. The predicted octanol–water partition coefficient (Wildman–Crippen LogP) is 2.74. The number of nitro groups is 1. The van der Waals surface area contributed by atoms with E-state index in [-0.39, 0.29) is 10.6 Å². The number of likely N-dealkylation sites (N-methyl/N-ethyl adjacent to an activating group) is 1. The molecule has 0 heterocycles. The van der Waals surface area contributed by atoms with Gasteiger partial charge in [0, 0.05) is 37.0 Å². The van der Waals surface area contributed by atoms with E-state index in [0.29, 0.717) is 6.04 Å². The predicted molar refractivity (Wildman–Crippen MR) is 74.0 cm³/mol. The van der Waals surface area contributed by atoms with Gasteiger partial charge < -0.3 is 10.2 Å². The van der Waals surface area contributed by atoms with E-state index in [1.165, 1.54) is 12.1 Å². The smallest absolute Gasteiger partial charge is 0.269 e. The fourth-order valence-electron chi connectivity index (χ4n) is 1.61. The lowest BCUT2D eigenvalue weighted by molar-refractivity contribution is -0.384. The first kappa shape index (κ1) is 14.4. The number of nitrogens with zero attached hydrogens (tertiary/aromatic N) is 2. The monoisotopic (exact) mass is 251 g/mol. The van der Waals surface area contributed by atoms with Crippen LogP contribution in [0.4, 0.5) is 11.4 Å². The number of hydrogen-bond donors (Lipinski definition) is 1. The summed E-state index contributed by atoms with van der Waals surface area (Å²) >= 11 is 0. The molecular formula is C13H21N3O2. The second kappa shape index (κ2) is 6.96. The first-order valence-electron chi connectivity index (χ1n) is 6.23. The van der Waals surface area contributed by atoms with Gasteiger partial charge in [-0.05, 0) is 32.5 Å². The van der Waals surface area contributed by atoms with Gasteiger partial charge in [0.25, 0.3) is 5.69 Å². The molecule has 1 atom stereocenters. The number of rotatable bonds is 7. The number of anilines is 1. The van der Waals surface area contributed by atoms with E-state index in [4.69, 9.17) is 0 Å². The third-order valence-electron chi connectivity index (χ3n) is 3.22. The van der Waals surface area contributed by atoms with E-state index in [0.717, 1.165) is 25.2 Å². The topological polar surface area (TPSA) is 58.4 Å². The van der Waals surface area contributed by atoms with Crippen molar-refractivity contribution in [3.05, 3.63) is 34.4 Å². The van der Waals surface area contributed by atoms with Crippen molar-refractivity contribution in [3.8, 4) is 0 Å². The van der Waals surface area contributed by atoms with E-state index in [9.17, 15) is 10.1 Å². The summed E-state index contributed by atoms with van der Waals surface area (Å²) in [6, 6.07) is 7.08. The molecule has 0 amide bonds. The van der Waals surface area contributed by atoms with Gasteiger partial charge >= 0.3 is 0 Å². The van der Waals surface area contributed by atoms with Crippen LogP contribution in [0.1, 0.15) is 20.3 Å². The lowest BCUT2D eigenvalue weighted by Gasteiger charge is -2.23. The quantitative estimate of drug-likeness (QED) is 0.598. The standard InChI is InChI=1S/C13H21N3O2/c1-4-11(2)15(3)10-9-14-12-5-7-13(8-6-12)16(17)18/h5-8,11,14H,4,9-10H2,1-3H3. The van der Waals surface area contributed by atoms with Crippen LogP contribution in [0.2, 0.25) is 0 Å². The van der Waals surface area contributed by atoms with E-state index in [1.54, 1.807) is 12.1 Å². The highest BCUT2D eigenvalue weighted by molar-refractivity contribution is 5.48. The van der Waals surface area contributed by atoms with Crippen LogP contribution in [0.25, 0.3) is 0 Å². The molecule has 0 saturated heterocycles. The van der Waals surface area contributed by atoms with Crippen LogP contribution in [-0.2, 0) is 0 Å². The van der Waals surface area contributed by atoms with E-state index < -0.39 is 0 Å². The molecule has 5 nitrogen and oxygen atoms in total. The molecular weight excluding hydrogens is 230 g/mol. The van der Waals surface area contributed by atoms with Crippen molar-refractivity contribution < 1.29 is 4.92 Å². The highest BCUT2D eigenvalue weighted by Gasteiger charge is 2.06. The van der Waals surface area contributed by atoms with Crippen LogP contribution in [0.3, 0.4) is 0 Å². The molecule has 0 bridgehead atoms. The van der Waals surface area contributed by atoms with Gasteiger partial charge in [0.05, 0.1) is 4.92 Å². The average molecular weight is 251 g/mol. The van der Waals surface area contributed by atoms with Crippen LogP contribution in [0, 0.1) is 10.1 Å². The van der Waals surface area contributed by atoms with Crippen LogP contribution < -0.4 is 5.32 Å². The van der Waals surface area contributed by atoms with Gasteiger partial charge in [-0.3, -0.25) is 10.1 Å². The molecule has 18 heavy (non-hydrogen) atoms. The van der Waals surface area contributed by atoms with Crippen LogP contribution in [-0.4, -0.2) is 36.0 Å². The Morgan fingerprint density at radius 1 is 1.39 bits per heavy atom. The van der Waals surface area contributed by atoms with Crippen LogP contribution >= 0.6 is 0 Å². The molecule has 0 radical (unpaired) electrons. The van der Waals surface area contributed by atoms with Crippen molar-refractivity contribution in [1.29, 1.82) is 0 Å². The zero-order valence-corrected chi connectivity index (χ0v) is 11.2. The van der Waals surface area contributed by atoms with Crippen LogP contribution in [0.15, 0.2) is 24.3 Å². The van der Waals surface area contributed by atoms with Gasteiger partial charge in [0.1, 0.15) is 0 Å². The molecule has 0 aliphatic rings. The molecule has 1 rings (SSSR count). The second-order valence-corrected chi connectivity index (χ2v) is 4.47. The summed E-state index contributed by atoms with van der Waals surface area (Å²) in [4.78, 5) is 12.4. The molecule has 5 heteroatoms. The lowest BCUT2D eigenvalue weighted by Crippen LogP contribution is -2.32. The maximum absolute atomic E-state index is 10.5. The molecule has 1 unspecified atom stereocenters. The molecule has 0 aromatic heterocycles. The van der Waals surface area contributed by atoms with Gasteiger partial charge in [0.15, 0.2) is 0 Å². The average Bonchev–Trinajstić information content (AvgIpc) is 2.38. The summed E-state index contributed by atoms with van der Waals surface area (Å²) in [6.07, 6.45) is 1.13. The minimum absolute atomic E-state index is 0.122. The Kier molecular flexibility index (Phi) is 5.58. The Balaban J connectivity index is 2.38. The van der Waals surface area contributed by atoms with Crippen molar-refractivity contribution in [2.24, 2.45) is 0 Å². The van der Waals surface area contributed by atoms with Gasteiger partial charge in [-0.1, -0.05) is 6.92 Å². The SMILES string of the molecule is CCC(C)N(C)CCNc1ccc([N+](=O)[O-])cc1. The molecule has 0 aliphatic heterocycles. The Morgan fingerprint density at radius 2 is 2.00 bits per heavy atom. The number of non-ortho nitro benzene ring substituents is 1. The van der Waals surface area contributed by atoms with Gasteiger partial charge in [-0.15, -0.1) is 0 Å². The first-order chi connectivity index (χ1) is 8.54. The largest absolute Gasteiger partial charge is 0.384 e. The van der Waals surface area contributed by atoms with E-state index >= 15 is 0 Å². The molecule has 100 valence electrons. The Morgan fingerprint density at radius 3 is 2.50 bits per heavy atom. The maximum Gasteiger partial charge on any atom is 0.269 e. The highest BCUT2D eigenvalue weighted by Crippen LogP contribution is 2.15. The van der Waals surface area contributed by atoms with E-state index in [2.05, 4.69) is 31.1 Å². The zero-order valence-electron chi connectivity index (χ0n) is 11.2. The highest BCUT2D eigenvalue weighted by atomic mass is 16.6. The van der Waals surface area contributed by atoms with Crippen molar-refractivity contribution in [2.75, 3.05) is 25.5 Å². The number of nitrogens with one attached hydrogen (secondary N) is 1. The normalized spacial score (nSPS) is 12.4. The van der Waals surface area contributed by atoms with Crippen molar-refractivity contribution in [1.82, 2.24) is 4.90 Å². The number of hydrogen-bond acceptors (Lipinski definition) is 4. The first-order valence-corrected chi connectivity index (χ1v) is 6.23. The summed E-state index contributed by atoms with van der Waals surface area (Å²) in [5, 5.41) is 13.8. The van der Waals surface area contributed by atoms with Crippen molar-refractivity contribution in [2.45, 2.75) is 26.3 Å². The summed E-state index contributed by atoms with van der Waals surface area (Å²) < 4.78 is 0. The molecule has 0 spiro atoms.